The Labute approximate surface area is 160 Å². The van der Waals surface area contributed by atoms with Gasteiger partial charge in [0.25, 0.3) is 0 Å². The molecule has 5 heteroatoms. The van der Waals surface area contributed by atoms with Gasteiger partial charge in [0.2, 0.25) is 0 Å². The monoisotopic (exact) mass is 371 g/mol. The number of carbonyl (C=O) groups excluding carboxylic acids is 1. The maximum absolute atomic E-state index is 12.2. The number of aromatic nitrogens is 1. The Morgan fingerprint density at radius 2 is 2.00 bits per heavy atom. The maximum Gasteiger partial charge on any atom is 0.152 e. The van der Waals surface area contributed by atoms with Gasteiger partial charge in [0, 0.05) is 36.0 Å². The molecule has 1 atom stereocenters. The van der Waals surface area contributed by atoms with Crippen LogP contribution in [0.4, 0.5) is 0 Å². The van der Waals surface area contributed by atoms with Crippen molar-refractivity contribution >= 4 is 11.9 Å². The number of rotatable bonds is 3. The second kappa shape index (κ2) is 7.46. The molecule has 0 spiro atoms. The minimum atomic E-state index is -0.586. The van der Waals surface area contributed by atoms with Crippen molar-refractivity contribution in [3.63, 3.8) is 0 Å². The lowest BCUT2D eigenvalue weighted by Gasteiger charge is -2.37. The standard InChI is InChI=1S/C22H29NO4/c1-22(2)11-17-20(18(25)12-22)19(14-3-7-26-8-4-14)16(13-24)21(23-17)15-5-9-27-10-6-15/h3,13,15,18,25H,4-12H2,1-2H3/t18-/m0/s1. The van der Waals surface area contributed by atoms with Crippen LogP contribution in [0.5, 0.6) is 0 Å². The number of pyridine rings is 1. The van der Waals surface area contributed by atoms with E-state index in [1.165, 1.54) is 0 Å². The number of nitrogens with zero attached hydrogens (tertiary/aromatic N) is 1. The molecule has 0 amide bonds. The van der Waals surface area contributed by atoms with Crippen molar-refractivity contribution in [3.05, 3.63) is 34.2 Å². The first-order valence-corrected chi connectivity index (χ1v) is 10.0. The molecule has 5 nitrogen and oxygen atoms in total. The van der Waals surface area contributed by atoms with E-state index in [0.717, 1.165) is 60.1 Å². The van der Waals surface area contributed by atoms with Crippen molar-refractivity contribution in [2.75, 3.05) is 26.4 Å². The first-order chi connectivity index (χ1) is 13.0. The molecule has 1 saturated heterocycles. The minimum Gasteiger partial charge on any atom is -0.388 e. The van der Waals surface area contributed by atoms with E-state index in [4.69, 9.17) is 14.5 Å². The van der Waals surface area contributed by atoms with Gasteiger partial charge in [-0.25, -0.2) is 0 Å². The van der Waals surface area contributed by atoms with E-state index in [2.05, 4.69) is 19.9 Å². The molecule has 0 bridgehead atoms. The summed E-state index contributed by atoms with van der Waals surface area (Å²) in [6, 6.07) is 0. The SMILES string of the molecule is CC1(C)Cc2nc(C3CCOCC3)c(C=O)c(C3=CCOCC3)c2[C@@H](O)C1. The Bertz CT molecular complexity index is 762. The van der Waals surface area contributed by atoms with E-state index in [1.54, 1.807) is 0 Å². The maximum atomic E-state index is 12.2. The van der Waals surface area contributed by atoms with Gasteiger partial charge in [0.15, 0.2) is 6.29 Å². The van der Waals surface area contributed by atoms with Gasteiger partial charge >= 0.3 is 0 Å². The van der Waals surface area contributed by atoms with Gasteiger partial charge in [-0.3, -0.25) is 9.78 Å². The van der Waals surface area contributed by atoms with Gasteiger partial charge < -0.3 is 14.6 Å². The molecule has 1 aromatic heterocycles. The highest BCUT2D eigenvalue weighted by Crippen LogP contribution is 2.46. The van der Waals surface area contributed by atoms with Crippen molar-refractivity contribution in [3.8, 4) is 0 Å². The fraction of sp³-hybridized carbons (Fsp3) is 0.636. The largest absolute Gasteiger partial charge is 0.388 e. The fourth-order valence-corrected chi connectivity index (χ4v) is 4.83. The predicted octanol–water partition coefficient (Wildman–Crippen LogP) is 3.60. The lowest BCUT2D eigenvalue weighted by molar-refractivity contribution is 0.0829. The smallest absolute Gasteiger partial charge is 0.152 e. The van der Waals surface area contributed by atoms with E-state index in [9.17, 15) is 9.90 Å². The molecule has 1 fully saturated rings. The van der Waals surface area contributed by atoms with Gasteiger partial charge in [-0.2, -0.15) is 0 Å². The molecule has 0 aromatic carbocycles. The first-order valence-electron chi connectivity index (χ1n) is 10.0. The Morgan fingerprint density at radius 3 is 2.67 bits per heavy atom. The van der Waals surface area contributed by atoms with Crippen LogP contribution in [-0.2, 0) is 15.9 Å². The number of aldehydes is 1. The summed E-state index contributed by atoms with van der Waals surface area (Å²) in [5.41, 5.74) is 5.47. The summed E-state index contributed by atoms with van der Waals surface area (Å²) in [6.07, 6.45) is 6.49. The van der Waals surface area contributed by atoms with Crippen molar-refractivity contribution in [1.82, 2.24) is 4.98 Å². The van der Waals surface area contributed by atoms with Crippen molar-refractivity contribution in [2.45, 2.75) is 58.0 Å². The fourth-order valence-electron chi connectivity index (χ4n) is 4.83. The second-order valence-corrected chi connectivity index (χ2v) is 8.77. The second-order valence-electron chi connectivity index (χ2n) is 8.77. The average molecular weight is 371 g/mol. The minimum absolute atomic E-state index is 0.00359. The number of carbonyl (C=O) groups is 1. The third kappa shape index (κ3) is 3.60. The molecule has 0 saturated carbocycles. The first kappa shape index (κ1) is 18.8. The van der Waals surface area contributed by atoms with Crippen molar-refractivity contribution in [1.29, 1.82) is 0 Å². The number of aliphatic hydroxyl groups is 1. The number of aliphatic hydroxyl groups excluding tert-OH is 1. The van der Waals surface area contributed by atoms with E-state index < -0.39 is 6.10 Å². The van der Waals surface area contributed by atoms with Gasteiger partial charge in [0.1, 0.15) is 0 Å². The lowest BCUT2D eigenvalue weighted by atomic mass is 9.71. The molecule has 3 heterocycles. The molecule has 0 radical (unpaired) electrons. The third-order valence-electron chi connectivity index (χ3n) is 6.12. The summed E-state index contributed by atoms with van der Waals surface area (Å²) < 4.78 is 11.0. The van der Waals surface area contributed by atoms with Crippen LogP contribution in [0.3, 0.4) is 0 Å². The van der Waals surface area contributed by atoms with Crippen LogP contribution in [0.2, 0.25) is 0 Å². The van der Waals surface area contributed by atoms with Gasteiger partial charge in [-0.05, 0) is 48.7 Å². The van der Waals surface area contributed by atoms with E-state index in [1.807, 2.05) is 0 Å². The summed E-state index contributed by atoms with van der Waals surface area (Å²) in [6.45, 7) is 6.98. The highest BCUT2D eigenvalue weighted by atomic mass is 16.5. The Balaban J connectivity index is 1.93. The summed E-state index contributed by atoms with van der Waals surface area (Å²) in [5.74, 6) is 0.241. The summed E-state index contributed by atoms with van der Waals surface area (Å²) in [5, 5.41) is 11.0. The molecule has 146 valence electrons. The van der Waals surface area contributed by atoms with Crippen LogP contribution in [0, 0.1) is 5.41 Å². The highest BCUT2D eigenvalue weighted by Gasteiger charge is 2.37. The zero-order valence-electron chi connectivity index (χ0n) is 16.3. The van der Waals surface area contributed by atoms with Crippen LogP contribution >= 0.6 is 0 Å². The molecule has 0 unspecified atom stereocenters. The highest BCUT2D eigenvalue weighted by molar-refractivity contribution is 5.89. The molecule has 1 aliphatic carbocycles. The van der Waals surface area contributed by atoms with Crippen molar-refractivity contribution in [2.24, 2.45) is 5.41 Å². The zero-order chi connectivity index (χ0) is 19.0. The average Bonchev–Trinajstić information content (AvgIpc) is 2.67. The molecule has 4 rings (SSSR count). The van der Waals surface area contributed by atoms with Crippen LogP contribution in [0.25, 0.3) is 5.57 Å². The van der Waals surface area contributed by atoms with Gasteiger partial charge in [-0.15, -0.1) is 0 Å². The third-order valence-corrected chi connectivity index (χ3v) is 6.12. The normalized spacial score (nSPS) is 25.6. The topological polar surface area (TPSA) is 68.7 Å². The molecular weight excluding hydrogens is 342 g/mol. The van der Waals surface area contributed by atoms with E-state index in [-0.39, 0.29) is 11.3 Å². The summed E-state index contributed by atoms with van der Waals surface area (Å²) >= 11 is 0. The number of ether oxygens (including phenoxy) is 2. The van der Waals surface area contributed by atoms with Crippen LogP contribution in [0.15, 0.2) is 6.08 Å². The number of fused-ring (bicyclic) bond motifs is 1. The van der Waals surface area contributed by atoms with Crippen LogP contribution in [0.1, 0.15) is 84.4 Å². The van der Waals surface area contributed by atoms with Gasteiger partial charge in [0.05, 0.1) is 25.0 Å². The quantitative estimate of drug-likeness (QED) is 0.822. The molecule has 27 heavy (non-hydrogen) atoms. The van der Waals surface area contributed by atoms with Gasteiger partial charge in [-0.1, -0.05) is 19.9 Å². The molecule has 3 aliphatic rings. The van der Waals surface area contributed by atoms with Crippen LogP contribution < -0.4 is 0 Å². The Morgan fingerprint density at radius 1 is 1.22 bits per heavy atom. The summed E-state index contributed by atoms with van der Waals surface area (Å²) in [7, 11) is 0. The molecule has 2 aliphatic heterocycles. The number of hydrogen-bond donors (Lipinski definition) is 1. The van der Waals surface area contributed by atoms with E-state index in [0.29, 0.717) is 38.4 Å². The molecule has 1 N–H and O–H groups in total. The molecular formula is C22H29NO4. The Kier molecular flexibility index (Phi) is 5.19. The van der Waals surface area contributed by atoms with Crippen molar-refractivity contribution < 1.29 is 19.4 Å². The molecule has 1 aromatic rings. The summed E-state index contributed by atoms with van der Waals surface area (Å²) in [4.78, 5) is 17.2. The Hall–Kier alpha value is -1.56. The lowest BCUT2D eigenvalue weighted by Crippen LogP contribution is -2.30. The van der Waals surface area contributed by atoms with Crippen LogP contribution in [-0.4, -0.2) is 42.8 Å². The number of hydrogen-bond acceptors (Lipinski definition) is 5. The zero-order valence-corrected chi connectivity index (χ0v) is 16.3. The predicted molar refractivity (Wildman–Crippen MR) is 103 cm³/mol. The van der Waals surface area contributed by atoms with E-state index >= 15 is 0 Å².